The molecular weight excluding hydrogens is 611 g/mol. The Bertz CT molecular complexity index is 2960. The van der Waals surface area contributed by atoms with Crippen molar-refractivity contribution in [3.8, 4) is 51.8 Å². The minimum Gasteiger partial charge on any atom is -0.309 e. The molecule has 0 aliphatic heterocycles. The molecule has 0 N–H and O–H groups in total. The van der Waals surface area contributed by atoms with Crippen molar-refractivity contribution in [1.29, 1.82) is 15.8 Å². The summed E-state index contributed by atoms with van der Waals surface area (Å²) in [4.78, 5) is 0. The van der Waals surface area contributed by atoms with Crippen molar-refractivity contribution in [1.82, 2.24) is 9.13 Å². The Morgan fingerprint density at radius 1 is 0.400 bits per heavy atom. The van der Waals surface area contributed by atoms with Crippen molar-refractivity contribution in [3.05, 3.63) is 168 Å². The second-order valence-electron chi connectivity index (χ2n) is 12.3. The third-order valence-electron chi connectivity index (χ3n) is 9.63. The van der Waals surface area contributed by atoms with Crippen LogP contribution in [0.25, 0.3) is 77.2 Å². The SMILES string of the molecule is N#Cc1ccc2c(c1)c1ccccc1n2-c1ccc(-c2cccc(-c3c(C#N)cccc3-n3c4ccccc4c4c(C#N)cccc43)c2)cc1. The van der Waals surface area contributed by atoms with Crippen molar-refractivity contribution in [2.24, 2.45) is 0 Å². The summed E-state index contributed by atoms with van der Waals surface area (Å²) in [7, 11) is 0. The third-order valence-corrected chi connectivity index (χ3v) is 9.63. The number of nitriles is 3. The van der Waals surface area contributed by atoms with E-state index < -0.39 is 0 Å². The normalized spacial score (nSPS) is 11.1. The zero-order valence-electron chi connectivity index (χ0n) is 26.7. The number of nitrogens with zero attached hydrogens (tertiary/aromatic N) is 5. The molecule has 0 saturated heterocycles. The van der Waals surface area contributed by atoms with Crippen molar-refractivity contribution in [2.75, 3.05) is 0 Å². The molecule has 50 heavy (non-hydrogen) atoms. The van der Waals surface area contributed by atoms with Gasteiger partial charge in [-0.2, -0.15) is 15.8 Å². The number of benzene rings is 7. The first kappa shape index (κ1) is 28.8. The summed E-state index contributed by atoms with van der Waals surface area (Å²) >= 11 is 0. The lowest BCUT2D eigenvalue weighted by molar-refractivity contribution is 1.18. The van der Waals surface area contributed by atoms with Crippen LogP contribution in [-0.4, -0.2) is 9.13 Å². The maximum absolute atomic E-state index is 10.4. The van der Waals surface area contributed by atoms with Gasteiger partial charge in [0.2, 0.25) is 0 Å². The lowest BCUT2D eigenvalue weighted by Crippen LogP contribution is -1.99. The molecule has 0 fully saturated rings. The van der Waals surface area contributed by atoms with Crippen LogP contribution < -0.4 is 0 Å². The highest BCUT2D eigenvalue weighted by Gasteiger charge is 2.20. The monoisotopic (exact) mass is 635 g/mol. The van der Waals surface area contributed by atoms with Crippen LogP contribution in [0.3, 0.4) is 0 Å². The molecule has 5 heteroatoms. The molecule has 2 aromatic heterocycles. The van der Waals surface area contributed by atoms with E-state index >= 15 is 0 Å². The number of aromatic nitrogens is 2. The standard InChI is InChI=1S/C45H25N5/c46-26-29-18-23-41-38(24-29)36-12-1-3-14-39(36)49(41)35-21-19-30(20-22-35)31-8-5-9-32(25-31)44-33(27-47)10-6-16-42(44)50-40-15-4-2-13-37(40)45-34(28-48)11-7-17-43(45)50/h1-25H. The Morgan fingerprint density at radius 3 is 1.82 bits per heavy atom. The van der Waals surface area contributed by atoms with E-state index in [-0.39, 0.29) is 0 Å². The van der Waals surface area contributed by atoms with Gasteiger partial charge in [0.15, 0.2) is 0 Å². The molecular formula is C45H25N5. The van der Waals surface area contributed by atoms with Crippen LogP contribution in [0.15, 0.2) is 152 Å². The van der Waals surface area contributed by atoms with Gasteiger partial charge in [-0.1, -0.05) is 78.9 Å². The van der Waals surface area contributed by atoms with E-state index in [9.17, 15) is 15.8 Å². The molecule has 0 radical (unpaired) electrons. The second kappa shape index (κ2) is 11.4. The molecule has 0 aliphatic rings. The van der Waals surface area contributed by atoms with Crippen molar-refractivity contribution in [2.45, 2.75) is 0 Å². The number of fused-ring (bicyclic) bond motifs is 6. The Morgan fingerprint density at radius 2 is 1.04 bits per heavy atom. The molecule has 0 bridgehead atoms. The van der Waals surface area contributed by atoms with Crippen LogP contribution in [0, 0.1) is 34.0 Å². The lowest BCUT2D eigenvalue weighted by Gasteiger charge is -2.16. The average molecular weight is 636 g/mol. The van der Waals surface area contributed by atoms with Crippen molar-refractivity contribution < 1.29 is 0 Å². The predicted octanol–water partition coefficient (Wildman–Crippen LogP) is 10.8. The molecule has 9 rings (SSSR count). The summed E-state index contributed by atoms with van der Waals surface area (Å²) in [6, 6.07) is 57.8. The van der Waals surface area contributed by atoms with E-state index in [0.717, 1.165) is 77.2 Å². The maximum atomic E-state index is 10.4. The van der Waals surface area contributed by atoms with Gasteiger partial charge in [-0.15, -0.1) is 0 Å². The minimum absolute atomic E-state index is 0.572. The van der Waals surface area contributed by atoms with Gasteiger partial charge in [0, 0.05) is 32.8 Å². The van der Waals surface area contributed by atoms with Gasteiger partial charge in [-0.05, 0) is 89.5 Å². The van der Waals surface area contributed by atoms with Gasteiger partial charge >= 0.3 is 0 Å². The van der Waals surface area contributed by atoms with E-state index in [1.165, 1.54) is 0 Å². The Kier molecular flexibility index (Phi) is 6.56. The summed E-state index contributed by atoms with van der Waals surface area (Å²) in [6.45, 7) is 0. The Hall–Kier alpha value is -7.39. The van der Waals surface area contributed by atoms with E-state index in [4.69, 9.17) is 0 Å². The summed E-state index contributed by atoms with van der Waals surface area (Å²) in [5, 5.41) is 34.0. The van der Waals surface area contributed by atoms with Crippen molar-refractivity contribution >= 4 is 43.6 Å². The van der Waals surface area contributed by atoms with E-state index in [1.54, 1.807) is 0 Å². The number of rotatable bonds is 4. The quantitative estimate of drug-likeness (QED) is 0.193. The molecule has 7 aromatic carbocycles. The molecule has 0 spiro atoms. The summed E-state index contributed by atoms with van der Waals surface area (Å²) in [6.07, 6.45) is 0. The highest BCUT2D eigenvalue weighted by molar-refractivity contribution is 6.12. The molecule has 0 saturated carbocycles. The molecule has 0 amide bonds. The first-order valence-corrected chi connectivity index (χ1v) is 16.3. The minimum atomic E-state index is 0.572. The smallest absolute Gasteiger partial charge is 0.0998 e. The topological polar surface area (TPSA) is 81.2 Å². The van der Waals surface area contributed by atoms with E-state index in [0.29, 0.717) is 16.7 Å². The highest BCUT2D eigenvalue weighted by Crippen LogP contribution is 2.40. The molecule has 0 atom stereocenters. The largest absolute Gasteiger partial charge is 0.309 e. The van der Waals surface area contributed by atoms with Gasteiger partial charge in [0.25, 0.3) is 0 Å². The molecule has 0 unspecified atom stereocenters. The van der Waals surface area contributed by atoms with Gasteiger partial charge in [-0.25, -0.2) is 0 Å². The van der Waals surface area contributed by atoms with Gasteiger partial charge < -0.3 is 9.13 Å². The van der Waals surface area contributed by atoms with Crippen LogP contribution in [-0.2, 0) is 0 Å². The molecule has 2 heterocycles. The number of hydrogen-bond acceptors (Lipinski definition) is 3. The van der Waals surface area contributed by atoms with Crippen LogP contribution in [0.2, 0.25) is 0 Å². The Labute approximate surface area is 287 Å². The summed E-state index contributed by atoms with van der Waals surface area (Å²) in [5.41, 5.74) is 11.6. The fourth-order valence-corrected chi connectivity index (χ4v) is 7.47. The second-order valence-corrected chi connectivity index (χ2v) is 12.3. The van der Waals surface area contributed by atoms with E-state index in [1.807, 2.05) is 84.9 Å². The summed E-state index contributed by atoms with van der Waals surface area (Å²) in [5.74, 6) is 0. The van der Waals surface area contributed by atoms with Crippen LogP contribution >= 0.6 is 0 Å². The zero-order valence-corrected chi connectivity index (χ0v) is 26.7. The van der Waals surface area contributed by atoms with E-state index in [2.05, 4.69) is 94.1 Å². The highest BCUT2D eigenvalue weighted by atomic mass is 15.0. The molecule has 0 aliphatic carbocycles. The van der Waals surface area contributed by atoms with Crippen molar-refractivity contribution in [3.63, 3.8) is 0 Å². The predicted molar refractivity (Wildman–Crippen MR) is 200 cm³/mol. The van der Waals surface area contributed by atoms with Gasteiger partial charge in [-0.3, -0.25) is 0 Å². The maximum Gasteiger partial charge on any atom is 0.0998 e. The molecule has 9 aromatic rings. The third kappa shape index (κ3) is 4.31. The molecule has 5 nitrogen and oxygen atoms in total. The lowest BCUT2D eigenvalue weighted by atomic mass is 9.94. The van der Waals surface area contributed by atoms with Crippen LogP contribution in [0.1, 0.15) is 16.7 Å². The zero-order chi connectivity index (χ0) is 33.8. The van der Waals surface area contributed by atoms with Crippen LogP contribution in [0.4, 0.5) is 0 Å². The fourth-order valence-electron chi connectivity index (χ4n) is 7.47. The number of para-hydroxylation sites is 2. The fraction of sp³-hybridized carbons (Fsp3) is 0. The molecule has 230 valence electrons. The van der Waals surface area contributed by atoms with Gasteiger partial charge in [0.1, 0.15) is 0 Å². The van der Waals surface area contributed by atoms with Gasteiger partial charge in [0.05, 0.1) is 62.7 Å². The average Bonchev–Trinajstić information content (AvgIpc) is 3.70. The summed E-state index contributed by atoms with van der Waals surface area (Å²) < 4.78 is 4.42. The first-order valence-electron chi connectivity index (χ1n) is 16.3. The first-order chi connectivity index (χ1) is 24.7. The number of hydrogen-bond donors (Lipinski definition) is 0. The van der Waals surface area contributed by atoms with Crippen LogP contribution in [0.5, 0.6) is 0 Å². The Balaban J connectivity index is 1.19.